The number of aromatic nitrogens is 3. The molecule has 7 heteroatoms. The van der Waals surface area contributed by atoms with Gasteiger partial charge in [-0.15, -0.1) is 0 Å². The monoisotopic (exact) mass is 380 g/mol. The molecule has 1 aliphatic heterocycles. The van der Waals surface area contributed by atoms with E-state index in [2.05, 4.69) is 9.97 Å². The Labute approximate surface area is 162 Å². The van der Waals surface area contributed by atoms with E-state index < -0.39 is 6.10 Å². The molecule has 1 atom stereocenters. The molecule has 1 aliphatic rings. The Hall–Kier alpha value is -2.93. The molecule has 1 aromatic carbocycles. The van der Waals surface area contributed by atoms with Crippen molar-refractivity contribution in [3.63, 3.8) is 0 Å². The van der Waals surface area contributed by atoms with Gasteiger partial charge in [0.05, 0.1) is 11.1 Å². The lowest BCUT2D eigenvalue weighted by Gasteiger charge is -2.34. The van der Waals surface area contributed by atoms with Crippen molar-refractivity contribution in [1.82, 2.24) is 19.4 Å². The van der Waals surface area contributed by atoms with Gasteiger partial charge in [-0.2, -0.15) is 0 Å². The van der Waals surface area contributed by atoms with Crippen LogP contribution in [0.2, 0.25) is 0 Å². The number of aryl methyl sites for hydroxylation is 2. The Bertz CT molecular complexity index is 1080. The van der Waals surface area contributed by atoms with Crippen LogP contribution in [0, 0.1) is 12.8 Å². The van der Waals surface area contributed by atoms with Crippen molar-refractivity contribution in [2.24, 2.45) is 13.0 Å². The van der Waals surface area contributed by atoms with E-state index in [4.69, 9.17) is 0 Å². The van der Waals surface area contributed by atoms with E-state index in [0.29, 0.717) is 48.2 Å². The van der Waals surface area contributed by atoms with Crippen molar-refractivity contribution in [2.75, 3.05) is 13.1 Å². The molecule has 0 radical (unpaired) electrons. The number of hydrogen-bond acceptors (Lipinski definition) is 4. The average molecular weight is 380 g/mol. The Morgan fingerprint density at radius 3 is 2.75 bits per heavy atom. The fraction of sp³-hybridized carbons (Fsp3) is 0.381. The topological polar surface area (TPSA) is 91.2 Å². The van der Waals surface area contributed by atoms with Gasteiger partial charge in [0.2, 0.25) is 0 Å². The van der Waals surface area contributed by atoms with Crippen LogP contribution in [0.4, 0.5) is 0 Å². The quantitative estimate of drug-likeness (QED) is 0.728. The molecular formula is C21H24N4O3. The van der Waals surface area contributed by atoms with E-state index in [-0.39, 0.29) is 17.3 Å². The number of piperidine rings is 1. The summed E-state index contributed by atoms with van der Waals surface area (Å²) in [6.07, 6.45) is 4.29. The van der Waals surface area contributed by atoms with Gasteiger partial charge in [0, 0.05) is 49.7 Å². The SMILES string of the molecule is Cc1cc(=O)c2cccc(C(=O)N3CCC([C@H](O)c4nccn4C)CC3)c2[nH]1. The largest absolute Gasteiger partial charge is 0.385 e. The lowest BCUT2D eigenvalue weighted by molar-refractivity contribution is 0.0421. The number of amides is 1. The normalized spacial score (nSPS) is 16.5. The van der Waals surface area contributed by atoms with Gasteiger partial charge in [-0.05, 0) is 37.8 Å². The van der Waals surface area contributed by atoms with E-state index in [0.717, 1.165) is 5.69 Å². The number of carbonyl (C=O) groups is 1. The molecule has 3 heterocycles. The highest BCUT2D eigenvalue weighted by Crippen LogP contribution is 2.30. The Morgan fingerprint density at radius 1 is 1.32 bits per heavy atom. The molecule has 1 saturated heterocycles. The number of pyridine rings is 1. The number of aliphatic hydroxyl groups is 1. The van der Waals surface area contributed by atoms with Crippen LogP contribution >= 0.6 is 0 Å². The highest BCUT2D eigenvalue weighted by Gasteiger charge is 2.31. The number of nitrogens with one attached hydrogen (secondary N) is 1. The molecule has 4 rings (SSSR count). The Balaban J connectivity index is 1.53. The van der Waals surface area contributed by atoms with Gasteiger partial charge < -0.3 is 19.6 Å². The molecule has 0 unspecified atom stereocenters. The summed E-state index contributed by atoms with van der Waals surface area (Å²) in [4.78, 5) is 34.6. The number of rotatable bonds is 3. The number of hydrogen-bond donors (Lipinski definition) is 2. The first kappa shape index (κ1) is 18.4. The second kappa shape index (κ2) is 7.24. The highest BCUT2D eigenvalue weighted by molar-refractivity contribution is 6.05. The molecule has 2 N–H and O–H groups in total. The van der Waals surface area contributed by atoms with Crippen molar-refractivity contribution in [3.8, 4) is 0 Å². The Kier molecular flexibility index (Phi) is 4.77. The van der Waals surface area contributed by atoms with Crippen LogP contribution in [-0.2, 0) is 7.05 Å². The van der Waals surface area contributed by atoms with E-state index in [1.165, 1.54) is 0 Å². The van der Waals surface area contributed by atoms with Crippen molar-refractivity contribution in [1.29, 1.82) is 0 Å². The van der Waals surface area contributed by atoms with Crippen LogP contribution in [0.5, 0.6) is 0 Å². The van der Waals surface area contributed by atoms with Crippen LogP contribution in [-0.4, -0.2) is 43.5 Å². The van der Waals surface area contributed by atoms with Gasteiger partial charge in [-0.3, -0.25) is 9.59 Å². The maximum absolute atomic E-state index is 13.1. The summed E-state index contributed by atoms with van der Waals surface area (Å²) in [6, 6.07) is 6.79. The fourth-order valence-corrected chi connectivity index (χ4v) is 4.04. The maximum Gasteiger partial charge on any atom is 0.255 e. The lowest BCUT2D eigenvalue weighted by Crippen LogP contribution is -2.40. The first-order valence-corrected chi connectivity index (χ1v) is 9.53. The van der Waals surface area contributed by atoms with Crippen LogP contribution in [0.3, 0.4) is 0 Å². The van der Waals surface area contributed by atoms with E-state index >= 15 is 0 Å². The summed E-state index contributed by atoms with van der Waals surface area (Å²) < 4.78 is 1.83. The predicted molar refractivity (Wildman–Crippen MR) is 106 cm³/mol. The minimum atomic E-state index is -0.631. The van der Waals surface area contributed by atoms with Crippen LogP contribution < -0.4 is 5.43 Å². The summed E-state index contributed by atoms with van der Waals surface area (Å²) in [6.45, 7) is 2.95. The molecule has 146 valence electrons. The zero-order valence-corrected chi connectivity index (χ0v) is 16.1. The molecular weight excluding hydrogens is 356 g/mol. The number of aromatic amines is 1. The number of fused-ring (bicyclic) bond motifs is 1. The number of H-pyrrole nitrogens is 1. The standard InChI is InChI=1S/C21H24N4O3/c1-13-12-17(26)15-4-3-5-16(18(15)23-13)21(28)25-9-6-14(7-10-25)19(27)20-22-8-11-24(20)2/h3-5,8,11-12,14,19,27H,6-7,9-10H2,1-2H3,(H,23,26)/t19-/m0/s1. The summed E-state index contributed by atoms with van der Waals surface area (Å²) in [7, 11) is 1.87. The number of likely N-dealkylation sites (tertiary alicyclic amines) is 1. The third-order valence-electron chi connectivity index (χ3n) is 5.63. The molecule has 1 amide bonds. The maximum atomic E-state index is 13.1. The van der Waals surface area contributed by atoms with Gasteiger partial charge in [-0.25, -0.2) is 4.98 Å². The minimum Gasteiger partial charge on any atom is -0.385 e. The van der Waals surface area contributed by atoms with Gasteiger partial charge in [0.15, 0.2) is 5.43 Å². The van der Waals surface area contributed by atoms with Crippen LogP contribution in [0.15, 0.2) is 41.5 Å². The molecule has 0 spiro atoms. The average Bonchev–Trinajstić information content (AvgIpc) is 3.12. The van der Waals surface area contributed by atoms with Gasteiger partial charge >= 0.3 is 0 Å². The van der Waals surface area contributed by atoms with Crippen molar-refractivity contribution in [3.05, 3.63) is 64.0 Å². The summed E-state index contributed by atoms with van der Waals surface area (Å²) in [5.74, 6) is 0.642. The summed E-state index contributed by atoms with van der Waals surface area (Å²) in [5, 5.41) is 11.2. The minimum absolute atomic E-state index is 0.0692. The number of para-hydroxylation sites is 1. The number of nitrogens with zero attached hydrogens (tertiary/aromatic N) is 3. The van der Waals surface area contributed by atoms with Gasteiger partial charge in [0.25, 0.3) is 5.91 Å². The molecule has 1 fully saturated rings. The molecule has 0 aliphatic carbocycles. The zero-order chi connectivity index (χ0) is 19.8. The van der Waals surface area contributed by atoms with Gasteiger partial charge in [0.1, 0.15) is 11.9 Å². The molecule has 28 heavy (non-hydrogen) atoms. The van der Waals surface area contributed by atoms with Crippen LogP contribution in [0.1, 0.15) is 40.8 Å². The number of imidazole rings is 1. The Morgan fingerprint density at radius 2 is 2.07 bits per heavy atom. The molecule has 3 aromatic rings. The van der Waals surface area contributed by atoms with Gasteiger partial charge in [-0.1, -0.05) is 6.07 Å². The van der Waals surface area contributed by atoms with E-state index in [9.17, 15) is 14.7 Å². The second-order valence-electron chi connectivity index (χ2n) is 7.52. The van der Waals surface area contributed by atoms with Crippen molar-refractivity contribution < 1.29 is 9.90 Å². The molecule has 0 saturated carbocycles. The van der Waals surface area contributed by atoms with E-state index in [1.807, 2.05) is 24.7 Å². The fourth-order valence-electron chi connectivity index (χ4n) is 4.04. The summed E-state index contributed by atoms with van der Waals surface area (Å²) in [5.41, 5.74) is 1.75. The number of carbonyl (C=O) groups excluding carboxylic acids is 1. The zero-order valence-electron chi connectivity index (χ0n) is 16.1. The summed E-state index contributed by atoms with van der Waals surface area (Å²) >= 11 is 0. The van der Waals surface area contributed by atoms with Crippen LogP contribution in [0.25, 0.3) is 10.9 Å². The van der Waals surface area contributed by atoms with Crippen molar-refractivity contribution in [2.45, 2.75) is 25.9 Å². The predicted octanol–water partition coefficient (Wildman–Crippen LogP) is 2.16. The molecule has 2 aromatic heterocycles. The smallest absolute Gasteiger partial charge is 0.255 e. The third kappa shape index (κ3) is 3.22. The van der Waals surface area contributed by atoms with Crippen molar-refractivity contribution >= 4 is 16.8 Å². The second-order valence-corrected chi connectivity index (χ2v) is 7.52. The molecule has 7 nitrogen and oxygen atoms in total. The molecule has 0 bridgehead atoms. The third-order valence-corrected chi connectivity index (χ3v) is 5.63. The number of aliphatic hydroxyl groups excluding tert-OH is 1. The highest BCUT2D eigenvalue weighted by atomic mass is 16.3. The number of benzene rings is 1. The first-order valence-electron chi connectivity index (χ1n) is 9.53. The van der Waals surface area contributed by atoms with E-state index in [1.54, 1.807) is 35.4 Å². The first-order chi connectivity index (χ1) is 13.5. The lowest BCUT2D eigenvalue weighted by atomic mass is 9.90.